The first kappa shape index (κ1) is 18.8. The molecule has 0 aliphatic heterocycles. The second kappa shape index (κ2) is 8.14. The monoisotopic (exact) mass is 379 g/mol. The maximum atomic E-state index is 12.3. The molecule has 1 heterocycles. The Morgan fingerprint density at radius 2 is 1.86 bits per heavy atom. The standard InChI is InChI=1S/C20H17N3O5/c1-26-13-7-12(8-14(9-13)27-2)20(25)28-11-18(24)15(10-21)19-22-16-5-3-4-6-17(16)23-19/h3-9,24H,11H2,1-2H3,(H,22,23)/b18-15-. The number of nitriles is 1. The van der Waals surface area contributed by atoms with Gasteiger partial charge in [-0.25, -0.2) is 9.78 Å². The molecule has 3 rings (SSSR count). The highest BCUT2D eigenvalue weighted by atomic mass is 16.5. The summed E-state index contributed by atoms with van der Waals surface area (Å²) in [7, 11) is 2.93. The van der Waals surface area contributed by atoms with Crippen LogP contribution in [-0.4, -0.2) is 41.9 Å². The Balaban J connectivity index is 1.80. The number of aromatic amines is 1. The number of nitrogens with one attached hydrogen (secondary N) is 1. The highest BCUT2D eigenvalue weighted by molar-refractivity contribution is 5.91. The number of carbonyl (C=O) groups excluding carboxylic acids is 1. The second-order valence-electron chi connectivity index (χ2n) is 5.71. The maximum absolute atomic E-state index is 12.3. The number of H-pyrrole nitrogens is 1. The predicted molar refractivity (Wildman–Crippen MR) is 101 cm³/mol. The van der Waals surface area contributed by atoms with Crippen LogP contribution in [0.4, 0.5) is 0 Å². The summed E-state index contributed by atoms with van der Waals surface area (Å²) in [5, 5.41) is 19.6. The third-order valence-corrected chi connectivity index (χ3v) is 3.95. The normalized spacial score (nSPS) is 11.5. The predicted octanol–water partition coefficient (Wildman–Crippen LogP) is 3.23. The molecule has 0 unspecified atom stereocenters. The van der Waals surface area contributed by atoms with Crippen LogP contribution in [0.1, 0.15) is 16.2 Å². The fourth-order valence-corrected chi connectivity index (χ4v) is 2.54. The Morgan fingerprint density at radius 1 is 1.18 bits per heavy atom. The molecule has 0 amide bonds. The number of nitrogens with zero attached hydrogens (tertiary/aromatic N) is 2. The van der Waals surface area contributed by atoms with Crippen molar-refractivity contribution in [3.05, 3.63) is 59.6 Å². The van der Waals surface area contributed by atoms with E-state index in [4.69, 9.17) is 14.2 Å². The van der Waals surface area contributed by atoms with E-state index in [9.17, 15) is 15.2 Å². The number of methoxy groups -OCH3 is 2. The molecule has 3 aromatic rings. The molecule has 0 aliphatic rings. The number of rotatable bonds is 6. The molecule has 8 heteroatoms. The largest absolute Gasteiger partial charge is 0.507 e. The van der Waals surface area contributed by atoms with Crippen molar-refractivity contribution >= 4 is 22.6 Å². The van der Waals surface area contributed by atoms with Crippen molar-refractivity contribution in [3.63, 3.8) is 0 Å². The van der Waals surface area contributed by atoms with Crippen LogP contribution in [0.15, 0.2) is 48.2 Å². The fraction of sp³-hybridized carbons (Fsp3) is 0.150. The van der Waals surface area contributed by atoms with Gasteiger partial charge in [0.05, 0.1) is 30.8 Å². The summed E-state index contributed by atoms with van der Waals surface area (Å²) in [6.07, 6.45) is 0. The summed E-state index contributed by atoms with van der Waals surface area (Å²) < 4.78 is 15.3. The van der Waals surface area contributed by atoms with Crippen molar-refractivity contribution < 1.29 is 24.1 Å². The molecule has 0 fully saturated rings. The second-order valence-corrected chi connectivity index (χ2v) is 5.71. The van der Waals surface area contributed by atoms with Gasteiger partial charge in [-0.2, -0.15) is 5.26 Å². The van der Waals surface area contributed by atoms with Gasteiger partial charge in [0, 0.05) is 6.07 Å². The number of fused-ring (bicyclic) bond motifs is 1. The molecule has 0 spiro atoms. The van der Waals surface area contributed by atoms with Crippen molar-refractivity contribution in [2.75, 3.05) is 20.8 Å². The number of aliphatic hydroxyl groups is 1. The van der Waals surface area contributed by atoms with Crippen LogP contribution in [0.5, 0.6) is 11.5 Å². The molecule has 0 bridgehead atoms. The van der Waals surface area contributed by atoms with Crippen molar-refractivity contribution in [2.45, 2.75) is 0 Å². The summed E-state index contributed by atoms with van der Waals surface area (Å²) in [5.74, 6) is -0.0761. The average Bonchev–Trinajstić information content (AvgIpc) is 3.15. The van der Waals surface area contributed by atoms with Crippen molar-refractivity contribution in [2.24, 2.45) is 0 Å². The van der Waals surface area contributed by atoms with Gasteiger partial charge in [0.2, 0.25) is 0 Å². The van der Waals surface area contributed by atoms with E-state index >= 15 is 0 Å². The summed E-state index contributed by atoms with van der Waals surface area (Å²) in [5.41, 5.74) is 1.45. The number of aromatic nitrogens is 2. The Morgan fingerprint density at radius 3 is 2.46 bits per heavy atom. The van der Waals surface area contributed by atoms with E-state index in [1.807, 2.05) is 18.2 Å². The lowest BCUT2D eigenvalue weighted by Crippen LogP contribution is -2.10. The lowest BCUT2D eigenvalue weighted by molar-refractivity contribution is 0.0502. The van der Waals surface area contributed by atoms with Gasteiger partial charge in [0.25, 0.3) is 0 Å². The number of hydrogen-bond acceptors (Lipinski definition) is 7. The van der Waals surface area contributed by atoms with Crippen LogP contribution in [0.3, 0.4) is 0 Å². The molecular formula is C20H17N3O5. The van der Waals surface area contributed by atoms with Gasteiger partial charge in [0.1, 0.15) is 29.7 Å². The number of aliphatic hydroxyl groups excluding tert-OH is 1. The lowest BCUT2D eigenvalue weighted by Gasteiger charge is -2.09. The van der Waals surface area contributed by atoms with Gasteiger partial charge >= 0.3 is 5.97 Å². The number of hydrogen-bond donors (Lipinski definition) is 2. The van der Waals surface area contributed by atoms with E-state index < -0.39 is 18.3 Å². The zero-order valence-electron chi connectivity index (χ0n) is 15.2. The van der Waals surface area contributed by atoms with Crippen molar-refractivity contribution in [1.29, 1.82) is 5.26 Å². The van der Waals surface area contributed by atoms with Gasteiger partial charge in [0.15, 0.2) is 11.6 Å². The zero-order valence-corrected chi connectivity index (χ0v) is 15.2. The van der Waals surface area contributed by atoms with Crippen LogP contribution >= 0.6 is 0 Å². The quantitative estimate of drug-likeness (QED) is 0.383. The smallest absolute Gasteiger partial charge is 0.338 e. The molecule has 0 radical (unpaired) electrons. The highest BCUT2D eigenvalue weighted by Crippen LogP contribution is 2.23. The molecule has 0 saturated heterocycles. The Bertz CT molecular complexity index is 1040. The first-order chi connectivity index (χ1) is 13.5. The molecule has 28 heavy (non-hydrogen) atoms. The number of ether oxygens (including phenoxy) is 3. The van der Waals surface area contributed by atoms with Gasteiger partial charge in [-0.3, -0.25) is 0 Å². The van der Waals surface area contributed by atoms with Crippen LogP contribution in [0.2, 0.25) is 0 Å². The SMILES string of the molecule is COc1cc(OC)cc(C(=O)OC/C(O)=C(\C#N)c2nc3ccccc3[nH]2)c1. The van der Waals surface area contributed by atoms with Crippen LogP contribution in [0.25, 0.3) is 16.6 Å². The molecule has 142 valence electrons. The van der Waals surface area contributed by atoms with Crippen LogP contribution in [-0.2, 0) is 4.74 Å². The summed E-state index contributed by atoms with van der Waals surface area (Å²) in [4.78, 5) is 19.5. The summed E-state index contributed by atoms with van der Waals surface area (Å²) >= 11 is 0. The number of allylic oxidation sites excluding steroid dienone is 1. The number of esters is 1. The van der Waals surface area contributed by atoms with Crippen molar-refractivity contribution in [3.8, 4) is 17.6 Å². The topological polar surface area (TPSA) is 117 Å². The fourth-order valence-electron chi connectivity index (χ4n) is 2.54. The van der Waals surface area contributed by atoms with Gasteiger partial charge < -0.3 is 24.3 Å². The van der Waals surface area contributed by atoms with Gasteiger partial charge in [-0.05, 0) is 24.3 Å². The minimum atomic E-state index is -0.703. The highest BCUT2D eigenvalue weighted by Gasteiger charge is 2.16. The molecule has 2 N–H and O–H groups in total. The maximum Gasteiger partial charge on any atom is 0.338 e. The number of para-hydroxylation sites is 2. The first-order valence-electron chi connectivity index (χ1n) is 8.23. The zero-order chi connectivity index (χ0) is 20.1. The summed E-state index contributed by atoms with van der Waals surface area (Å²) in [6, 6.07) is 13.7. The number of carbonyl (C=O) groups is 1. The first-order valence-corrected chi connectivity index (χ1v) is 8.23. The lowest BCUT2D eigenvalue weighted by atomic mass is 10.2. The molecule has 8 nitrogen and oxygen atoms in total. The third-order valence-electron chi connectivity index (χ3n) is 3.95. The minimum Gasteiger partial charge on any atom is -0.507 e. The molecule has 0 saturated carbocycles. The Kier molecular flexibility index (Phi) is 5.46. The summed E-state index contributed by atoms with van der Waals surface area (Å²) in [6.45, 7) is -0.488. The molecular weight excluding hydrogens is 362 g/mol. The number of benzene rings is 2. The van der Waals surface area contributed by atoms with Gasteiger partial charge in [-0.15, -0.1) is 0 Å². The van der Waals surface area contributed by atoms with E-state index in [0.29, 0.717) is 17.0 Å². The minimum absolute atomic E-state index is 0.104. The van der Waals surface area contributed by atoms with Gasteiger partial charge in [-0.1, -0.05) is 12.1 Å². The molecule has 2 aromatic carbocycles. The Labute approximate surface area is 160 Å². The molecule has 0 aliphatic carbocycles. The van der Waals surface area contributed by atoms with Crippen LogP contribution in [0, 0.1) is 11.3 Å². The third kappa shape index (κ3) is 3.88. The number of imidazole rings is 1. The molecule has 0 atom stereocenters. The van der Waals surface area contributed by atoms with E-state index in [2.05, 4.69) is 9.97 Å². The van der Waals surface area contributed by atoms with E-state index in [-0.39, 0.29) is 17.0 Å². The van der Waals surface area contributed by atoms with E-state index in [1.165, 1.54) is 26.4 Å². The average molecular weight is 379 g/mol. The molecule has 1 aromatic heterocycles. The van der Waals surface area contributed by atoms with E-state index in [1.54, 1.807) is 18.2 Å². The van der Waals surface area contributed by atoms with Crippen LogP contribution < -0.4 is 9.47 Å². The van der Waals surface area contributed by atoms with E-state index in [0.717, 1.165) is 5.52 Å². The van der Waals surface area contributed by atoms with Crippen molar-refractivity contribution in [1.82, 2.24) is 9.97 Å². The Hall–Kier alpha value is -3.99.